The van der Waals surface area contributed by atoms with E-state index in [1.165, 1.54) is 6.92 Å². The lowest BCUT2D eigenvalue weighted by Gasteiger charge is -2.23. The fourth-order valence-electron chi connectivity index (χ4n) is 2.58. The van der Waals surface area contributed by atoms with Crippen LogP contribution in [0.25, 0.3) is 0 Å². The van der Waals surface area contributed by atoms with Crippen molar-refractivity contribution in [1.82, 2.24) is 10.2 Å². The summed E-state index contributed by atoms with van der Waals surface area (Å²) < 4.78 is 27.4. The number of carbonyl (C=O) groups excluding carboxylic acids is 2. The fourth-order valence-corrected chi connectivity index (χ4v) is 2.58. The van der Waals surface area contributed by atoms with Crippen LogP contribution in [0, 0.1) is 40.2 Å². The number of hydrogen-bond donors (Lipinski definition) is 1. The Kier molecular flexibility index (Phi) is 4.79. The molecule has 0 aromatic heterocycles. The van der Waals surface area contributed by atoms with E-state index in [2.05, 4.69) is 5.32 Å². The first kappa shape index (κ1) is 17.4. The number of carbonyl (C=O) groups is 2. The molecule has 1 saturated heterocycles. The quantitative estimate of drug-likeness (QED) is 0.836. The lowest BCUT2D eigenvalue weighted by atomic mass is 9.91. The molecule has 1 fully saturated rings. The number of urea groups is 1. The predicted octanol–water partition coefficient (Wildman–Crippen LogP) is 2.18. The third kappa shape index (κ3) is 3.04. The highest BCUT2D eigenvalue weighted by Crippen LogP contribution is 2.31. The Labute approximate surface area is 137 Å². The molecule has 6 nitrogen and oxygen atoms in total. The maximum absolute atomic E-state index is 14.0. The van der Waals surface area contributed by atoms with E-state index in [0.717, 1.165) is 23.1 Å². The van der Waals surface area contributed by atoms with E-state index in [1.54, 1.807) is 0 Å². The number of imide groups is 1. The third-order valence-corrected chi connectivity index (χ3v) is 3.93. The normalized spacial score (nSPS) is 21.1. The Bertz CT molecular complexity index is 768. The van der Waals surface area contributed by atoms with E-state index in [-0.39, 0.29) is 24.9 Å². The highest BCUT2D eigenvalue weighted by molar-refractivity contribution is 6.07. The summed E-state index contributed by atoms with van der Waals surface area (Å²) in [5.74, 6) is -3.04. The van der Waals surface area contributed by atoms with Crippen LogP contribution in [0.3, 0.4) is 0 Å². The van der Waals surface area contributed by atoms with Crippen molar-refractivity contribution < 1.29 is 18.4 Å². The molecular formula is C16H14F2N4O2. The second kappa shape index (κ2) is 6.63. The van der Waals surface area contributed by atoms with E-state index in [0.29, 0.717) is 0 Å². The van der Waals surface area contributed by atoms with Crippen LogP contribution in [-0.4, -0.2) is 23.4 Å². The van der Waals surface area contributed by atoms with Gasteiger partial charge in [-0.1, -0.05) is 0 Å². The number of hydrogen-bond acceptors (Lipinski definition) is 4. The second-order valence-electron chi connectivity index (χ2n) is 5.62. The van der Waals surface area contributed by atoms with Crippen LogP contribution < -0.4 is 5.32 Å². The Hall–Kier alpha value is -3.00. The molecule has 2 atom stereocenters. The average molecular weight is 332 g/mol. The summed E-state index contributed by atoms with van der Waals surface area (Å²) in [6, 6.07) is 5.68. The van der Waals surface area contributed by atoms with Gasteiger partial charge in [0.1, 0.15) is 17.2 Å². The van der Waals surface area contributed by atoms with E-state index >= 15 is 0 Å². The van der Waals surface area contributed by atoms with Gasteiger partial charge in [-0.15, -0.1) is 0 Å². The van der Waals surface area contributed by atoms with Crippen LogP contribution in [0.2, 0.25) is 0 Å². The number of rotatable bonds is 5. The van der Waals surface area contributed by atoms with Crippen molar-refractivity contribution >= 4 is 11.9 Å². The van der Waals surface area contributed by atoms with Gasteiger partial charge in [0.05, 0.1) is 18.1 Å². The highest BCUT2D eigenvalue weighted by Gasteiger charge is 2.50. The Morgan fingerprint density at radius 2 is 2.04 bits per heavy atom. The number of nitrogens with one attached hydrogen (secondary N) is 1. The fraction of sp³-hybridized carbons (Fsp3) is 0.375. The summed E-state index contributed by atoms with van der Waals surface area (Å²) in [5, 5.41) is 20.0. The second-order valence-corrected chi connectivity index (χ2v) is 5.62. The zero-order chi connectivity index (χ0) is 17.9. The van der Waals surface area contributed by atoms with E-state index in [1.807, 2.05) is 12.1 Å². The van der Waals surface area contributed by atoms with Gasteiger partial charge in [0, 0.05) is 18.5 Å². The molecule has 2 rings (SSSR count). The average Bonchev–Trinajstić information content (AvgIpc) is 2.77. The molecule has 1 aliphatic heterocycles. The molecule has 1 aromatic rings. The molecule has 0 aliphatic carbocycles. The summed E-state index contributed by atoms with van der Waals surface area (Å²) >= 11 is 0. The van der Waals surface area contributed by atoms with Crippen LogP contribution in [0.5, 0.6) is 0 Å². The lowest BCUT2D eigenvalue weighted by Crippen LogP contribution is -2.42. The minimum absolute atomic E-state index is 0.109. The molecule has 0 spiro atoms. The number of amides is 3. The largest absolute Gasteiger partial charge is 0.325 e. The van der Waals surface area contributed by atoms with Crippen molar-refractivity contribution in [3.8, 4) is 12.1 Å². The van der Waals surface area contributed by atoms with E-state index in [4.69, 9.17) is 10.5 Å². The van der Waals surface area contributed by atoms with E-state index in [9.17, 15) is 18.4 Å². The summed E-state index contributed by atoms with van der Waals surface area (Å²) in [7, 11) is 0. The number of nitriles is 2. The van der Waals surface area contributed by atoms with Crippen LogP contribution in [-0.2, 0) is 10.3 Å². The molecular weight excluding hydrogens is 318 g/mol. The molecule has 124 valence electrons. The molecule has 1 heterocycles. The minimum Gasteiger partial charge on any atom is -0.319 e. The van der Waals surface area contributed by atoms with Crippen LogP contribution in [0.15, 0.2) is 18.2 Å². The van der Waals surface area contributed by atoms with Crippen molar-refractivity contribution in [1.29, 1.82) is 10.5 Å². The van der Waals surface area contributed by atoms with Gasteiger partial charge in [-0.25, -0.2) is 13.6 Å². The highest BCUT2D eigenvalue weighted by atomic mass is 19.1. The van der Waals surface area contributed by atoms with Gasteiger partial charge in [-0.05, 0) is 31.5 Å². The van der Waals surface area contributed by atoms with Gasteiger partial charge in [-0.3, -0.25) is 9.69 Å². The maximum atomic E-state index is 14.0. The van der Waals surface area contributed by atoms with E-state index < -0.39 is 35.0 Å². The Morgan fingerprint density at radius 1 is 1.33 bits per heavy atom. The molecule has 0 radical (unpaired) electrons. The lowest BCUT2D eigenvalue weighted by molar-refractivity contribution is -0.131. The smallest absolute Gasteiger partial charge is 0.319 e. The number of halogens is 2. The van der Waals surface area contributed by atoms with Crippen molar-refractivity contribution in [3.63, 3.8) is 0 Å². The summed E-state index contributed by atoms with van der Waals surface area (Å²) in [5.41, 5.74) is -2.03. The number of benzene rings is 1. The molecule has 0 bridgehead atoms. The molecule has 1 aromatic carbocycles. The minimum atomic E-state index is -1.75. The van der Waals surface area contributed by atoms with Gasteiger partial charge in [0.2, 0.25) is 0 Å². The molecule has 1 N–H and O–H groups in total. The summed E-state index contributed by atoms with van der Waals surface area (Å²) in [6.45, 7) is 1.07. The molecule has 1 aliphatic rings. The summed E-state index contributed by atoms with van der Waals surface area (Å²) in [6.07, 6.45) is 0.312. The number of nitrogens with zero attached hydrogens (tertiary/aromatic N) is 3. The van der Waals surface area contributed by atoms with Gasteiger partial charge in [-0.2, -0.15) is 10.5 Å². The molecule has 3 amide bonds. The third-order valence-electron chi connectivity index (χ3n) is 3.93. The van der Waals surface area contributed by atoms with Gasteiger partial charge < -0.3 is 5.32 Å². The first-order valence-electron chi connectivity index (χ1n) is 7.19. The SMILES string of the molecule is C[C@@]1(c2cc(F)ccc2F)NC(=O)N(C[C@H](C#N)CCC#N)C1=O. The zero-order valence-corrected chi connectivity index (χ0v) is 12.8. The maximum Gasteiger partial charge on any atom is 0.325 e. The molecule has 8 heteroatoms. The van der Waals surface area contributed by atoms with Crippen molar-refractivity contribution in [2.45, 2.75) is 25.3 Å². The van der Waals surface area contributed by atoms with Gasteiger partial charge >= 0.3 is 6.03 Å². The Morgan fingerprint density at radius 3 is 2.67 bits per heavy atom. The first-order chi connectivity index (χ1) is 11.3. The standard InChI is InChI=1S/C16H14F2N4O2/c1-16(12-7-11(17)4-5-13(12)18)14(23)22(15(24)21-16)9-10(8-20)3-2-6-19/h4-5,7,10H,2-3,9H2,1H3,(H,21,24)/t10-,16-/m0/s1. The topological polar surface area (TPSA) is 97.0 Å². The van der Waals surface area contributed by atoms with Gasteiger partial charge in [0.25, 0.3) is 5.91 Å². The van der Waals surface area contributed by atoms with Crippen LogP contribution in [0.1, 0.15) is 25.3 Å². The van der Waals surface area contributed by atoms with Crippen LogP contribution >= 0.6 is 0 Å². The molecule has 0 unspecified atom stereocenters. The van der Waals surface area contributed by atoms with Crippen LogP contribution in [0.4, 0.5) is 13.6 Å². The Balaban J connectivity index is 2.29. The van der Waals surface area contributed by atoms with Crippen molar-refractivity contribution in [2.24, 2.45) is 5.92 Å². The summed E-state index contributed by atoms with van der Waals surface area (Å²) in [4.78, 5) is 25.5. The molecule has 0 saturated carbocycles. The zero-order valence-electron chi connectivity index (χ0n) is 12.8. The monoisotopic (exact) mass is 332 g/mol. The van der Waals surface area contributed by atoms with Crippen molar-refractivity contribution in [3.05, 3.63) is 35.4 Å². The first-order valence-corrected chi connectivity index (χ1v) is 7.19. The predicted molar refractivity (Wildman–Crippen MR) is 77.9 cm³/mol. The van der Waals surface area contributed by atoms with Gasteiger partial charge in [0.15, 0.2) is 0 Å². The van der Waals surface area contributed by atoms with Crippen molar-refractivity contribution in [2.75, 3.05) is 6.54 Å². The molecule has 24 heavy (non-hydrogen) atoms.